The third kappa shape index (κ3) is 2.78. The normalized spacial score (nSPS) is 10.2. The summed E-state index contributed by atoms with van der Waals surface area (Å²) in [6.45, 7) is 0. The van der Waals surface area contributed by atoms with E-state index < -0.39 is 17.7 Å². The zero-order chi connectivity index (χ0) is 12.1. The lowest BCUT2D eigenvalue weighted by Gasteiger charge is -2.00. The maximum atomic E-state index is 11.5. The first-order valence-corrected chi connectivity index (χ1v) is 4.30. The first-order valence-electron chi connectivity index (χ1n) is 4.30. The topological polar surface area (TPSA) is 91.7 Å². The Morgan fingerprint density at radius 1 is 0.938 bits per heavy atom. The van der Waals surface area contributed by atoms with Crippen LogP contribution in [0.15, 0.2) is 36.4 Å². The van der Waals surface area contributed by atoms with Crippen LogP contribution in [0.5, 0.6) is 0 Å². The molecule has 2 N–H and O–H groups in total. The number of hydrogen-bond acceptors (Lipinski definition) is 3. The fraction of sp³-hybridized carbons (Fsp3) is 0. The zero-order valence-corrected chi connectivity index (χ0v) is 8.08. The van der Waals surface area contributed by atoms with Gasteiger partial charge in [0, 0.05) is 11.6 Å². The molecule has 0 aliphatic heterocycles. The van der Waals surface area contributed by atoms with E-state index in [0.717, 1.165) is 6.08 Å². The summed E-state index contributed by atoms with van der Waals surface area (Å²) in [5.41, 5.74) is -0.185. The molecule has 0 radical (unpaired) electrons. The Labute approximate surface area is 90.6 Å². The molecule has 0 fully saturated rings. The van der Waals surface area contributed by atoms with Gasteiger partial charge in [0.1, 0.15) is 0 Å². The quantitative estimate of drug-likeness (QED) is 0.587. The van der Waals surface area contributed by atoms with Crippen LogP contribution in [0.4, 0.5) is 0 Å². The molecule has 0 saturated heterocycles. The van der Waals surface area contributed by atoms with Crippen LogP contribution in [-0.2, 0) is 4.79 Å². The van der Waals surface area contributed by atoms with Gasteiger partial charge < -0.3 is 10.2 Å². The number of carbonyl (C=O) groups is 3. The van der Waals surface area contributed by atoms with E-state index in [1.54, 1.807) is 0 Å². The van der Waals surface area contributed by atoms with Gasteiger partial charge in [-0.15, -0.1) is 0 Å². The standard InChI is InChI=1S/C11H8O5/c12-9(5-6-10(13)14)7-3-1-2-4-8(7)11(15)16/h1-6H,(H,13,14)(H,15,16)/b6-5+. The second-order valence-corrected chi connectivity index (χ2v) is 2.89. The second kappa shape index (κ2) is 4.88. The molecule has 0 spiro atoms. The van der Waals surface area contributed by atoms with Gasteiger partial charge in [-0.05, 0) is 12.1 Å². The summed E-state index contributed by atoms with van der Waals surface area (Å²) < 4.78 is 0. The monoisotopic (exact) mass is 220 g/mol. The number of benzene rings is 1. The molecule has 0 saturated carbocycles. The van der Waals surface area contributed by atoms with Crippen LogP contribution < -0.4 is 0 Å². The van der Waals surface area contributed by atoms with Crippen molar-refractivity contribution in [2.75, 3.05) is 0 Å². The molecule has 5 heteroatoms. The van der Waals surface area contributed by atoms with E-state index in [-0.39, 0.29) is 11.1 Å². The molecule has 0 amide bonds. The van der Waals surface area contributed by atoms with Crippen molar-refractivity contribution in [3.05, 3.63) is 47.5 Å². The van der Waals surface area contributed by atoms with Gasteiger partial charge in [0.25, 0.3) is 0 Å². The number of carbonyl (C=O) groups excluding carboxylic acids is 1. The van der Waals surface area contributed by atoms with Crippen molar-refractivity contribution in [1.29, 1.82) is 0 Å². The smallest absolute Gasteiger partial charge is 0.336 e. The van der Waals surface area contributed by atoms with Crippen molar-refractivity contribution in [1.82, 2.24) is 0 Å². The summed E-state index contributed by atoms with van der Waals surface area (Å²) in [5.74, 6) is -3.14. The molecule has 0 bridgehead atoms. The summed E-state index contributed by atoms with van der Waals surface area (Å²) in [6.07, 6.45) is 1.49. The SMILES string of the molecule is O=C(O)/C=C/C(=O)c1ccccc1C(=O)O. The molecule has 1 rings (SSSR count). The highest BCUT2D eigenvalue weighted by Crippen LogP contribution is 2.10. The van der Waals surface area contributed by atoms with Crippen LogP contribution >= 0.6 is 0 Å². The minimum Gasteiger partial charge on any atom is -0.478 e. The number of rotatable bonds is 4. The molecular weight excluding hydrogens is 212 g/mol. The third-order valence-electron chi connectivity index (χ3n) is 1.80. The highest BCUT2D eigenvalue weighted by Gasteiger charge is 2.13. The minimum atomic E-state index is -1.26. The fourth-order valence-electron chi connectivity index (χ4n) is 1.12. The van der Waals surface area contributed by atoms with E-state index in [4.69, 9.17) is 10.2 Å². The van der Waals surface area contributed by atoms with Gasteiger partial charge >= 0.3 is 11.9 Å². The zero-order valence-electron chi connectivity index (χ0n) is 8.08. The van der Waals surface area contributed by atoms with Gasteiger partial charge in [-0.1, -0.05) is 18.2 Å². The predicted octanol–water partition coefficient (Wildman–Crippen LogP) is 1.21. The summed E-state index contributed by atoms with van der Waals surface area (Å²) in [6, 6.07) is 5.61. The molecule has 82 valence electrons. The van der Waals surface area contributed by atoms with Crippen LogP contribution in [0.25, 0.3) is 0 Å². The fourth-order valence-corrected chi connectivity index (χ4v) is 1.12. The van der Waals surface area contributed by atoms with E-state index in [1.165, 1.54) is 24.3 Å². The van der Waals surface area contributed by atoms with Crippen molar-refractivity contribution in [2.24, 2.45) is 0 Å². The van der Waals surface area contributed by atoms with Crippen molar-refractivity contribution in [3.8, 4) is 0 Å². The van der Waals surface area contributed by atoms with Crippen molar-refractivity contribution < 1.29 is 24.6 Å². The van der Waals surface area contributed by atoms with Gasteiger partial charge in [0.15, 0.2) is 5.78 Å². The maximum Gasteiger partial charge on any atom is 0.336 e. The lowest BCUT2D eigenvalue weighted by molar-refractivity contribution is -0.131. The highest BCUT2D eigenvalue weighted by atomic mass is 16.4. The third-order valence-corrected chi connectivity index (χ3v) is 1.80. The lowest BCUT2D eigenvalue weighted by Crippen LogP contribution is -2.06. The van der Waals surface area contributed by atoms with Crippen LogP contribution in [0.1, 0.15) is 20.7 Å². The van der Waals surface area contributed by atoms with Crippen LogP contribution in [0.2, 0.25) is 0 Å². The molecule has 16 heavy (non-hydrogen) atoms. The van der Waals surface area contributed by atoms with Crippen molar-refractivity contribution in [2.45, 2.75) is 0 Å². The molecule has 0 aromatic heterocycles. The number of carboxylic acid groups (broad SMARTS) is 2. The Balaban J connectivity index is 3.09. The second-order valence-electron chi connectivity index (χ2n) is 2.89. The van der Waals surface area contributed by atoms with Crippen molar-refractivity contribution >= 4 is 17.7 Å². The number of hydrogen-bond donors (Lipinski definition) is 2. The molecule has 0 aliphatic rings. The number of carboxylic acids is 2. The maximum absolute atomic E-state index is 11.5. The molecule has 0 aliphatic carbocycles. The summed E-state index contributed by atoms with van der Waals surface area (Å²) >= 11 is 0. The molecule has 0 heterocycles. The first-order chi connectivity index (χ1) is 7.52. The van der Waals surface area contributed by atoms with Gasteiger partial charge in [0.05, 0.1) is 5.56 Å². The molecule has 1 aromatic carbocycles. The number of aliphatic carboxylic acids is 1. The summed E-state index contributed by atoms with van der Waals surface area (Å²) in [7, 11) is 0. The van der Waals surface area contributed by atoms with Crippen LogP contribution in [0, 0.1) is 0 Å². The number of aromatic carboxylic acids is 1. The van der Waals surface area contributed by atoms with E-state index >= 15 is 0 Å². The van der Waals surface area contributed by atoms with Crippen LogP contribution in [0.3, 0.4) is 0 Å². The largest absolute Gasteiger partial charge is 0.478 e. The van der Waals surface area contributed by atoms with Gasteiger partial charge in [-0.3, -0.25) is 4.79 Å². The molecule has 0 atom stereocenters. The van der Waals surface area contributed by atoms with Crippen LogP contribution in [-0.4, -0.2) is 27.9 Å². The first kappa shape index (κ1) is 11.6. The van der Waals surface area contributed by atoms with Gasteiger partial charge in [-0.25, -0.2) is 9.59 Å². The molecule has 0 unspecified atom stereocenters. The molecular formula is C11H8O5. The van der Waals surface area contributed by atoms with E-state index in [2.05, 4.69) is 0 Å². The highest BCUT2D eigenvalue weighted by molar-refractivity contribution is 6.12. The van der Waals surface area contributed by atoms with Gasteiger partial charge in [-0.2, -0.15) is 0 Å². The number of allylic oxidation sites excluding steroid dienone is 1. The Bertz CT molecular complexity index is 473. The predicted molar refractivity (Wildman–Crippen MR) is 54.5 cm³/mol. The van der Waals surface area contributed by atoms with Gasteiger partial charge in [0.2, 0.25) is 0 Å². The van der Waals surface area contributed by atoms with E-state index in [9.17, 15) is 14.4 Å². The van der Waals surface area contributed by atoms with E-state index in [0.29, 0.717) is 6.08 Å². The minimum absolute atomic E-state index is 0.0347. The average Bonchev–Trinajstić information content (AvgIpc) is 2.25. The number of ketones is 1. The molecule has 1 aromatic rings. The average molecular weight is 220 g/mol. The molecule has 5 nitrogen and oxygen atoms in total. The summed E-state index contributed by atoms with van der Waals surface area (Å²) in [5, 5.41) is 17.1. The van der Waals surface area contributed by atoms with E-state index in [1.807, 2.05) is 0 Å². The Hall–Kier alpha value is -2.43. The Morgan fingerprint density at radius 3 is 2.00 bits per heavy atom. The Kier molecular flexibility index (Phi) is 3.55. The van der Waals surface area contributed by atoms with Crippen molar-refractivity contribution in [3.63, 3.8) is 0 Å². The lowest BCUT2D eigenvalue weighted by atomic mass is 10.0. The summed E-state index contributed by atoms with van der Waals surface area (Å²) in [4.78, 5) is 32.4. The Morgan fingerprint density at radius 2 is 1.50 bits per heavy atom.